The quantitative estimate of drug-likeness (QED) is 0.606. The van der Waals surface area contributed by atoms with E-state index in [4.69, 9.17) is 0 Å². The molecule has 27 heavy (non-hydrogen) atoms. The molecule has 0 N–H and O–H groups in total. The number of ether oxygens (including phenoxy) is 2. The lowest BCUT2D eigenvalue weighted by Gasteiger charge is -2.29. The number of hydrogen-bond acceptors (Lipinski definition) is 6. The van der Waals surface area contributed by atoms with Crippen molar-refractivity contribution in [2.24, 2.45) is 0 Å². The van der Waals surface area contributed by atoms with Gasteiger partial charge in [0.05, 0.1) is 27.7 Å². The molecule has 0 atom stereocenters. The maximum absolute atomic E-state index is 14.1. The summed E-state index contributed by atoms with van der Waals surface area (Å²) >= 11 is 0. The molecule has 0 saturated heterocycles. The van der Waals surface area contributed by atoms with Crippen molar-refractivity contribution < 1.29 is 37.4 Å². The van der Waals surface area contributed by atoms with E-state index in [0.717, 1.165) is 0 Å². The normalized spacial score (nSPS) is 15.5. The van der Waals surface area contributed by atoms with Crippen molar-refractivity contribution in [2.45, 2.75) is 5.41 Å². The zero-order valence-electron chi connectivity index (χ0n) is 13.6. The van der Waals surface area contributed by atoms with E-state index in [0.29, 0.717) is 0 Å². The Labute approximate surface area is 150 Å². The summed E-state index contributed by atoms with van der Waals surface area (Å²) in [4.78, 5) is 46.7. The van der Waals surface area contributed by atoms with Gasteiger partial charge in [-0.05, 0) is 35.4 Å². The molecule has 0 bridgehead atoms. The van der Waals surface area contributed by atoms with Gasteiger partial charge in [-0.1, -0.05) is 12.1 Å². The Bertz CT molecular complexity index is 959. The second-order valence-electron chi connectivity index (χ2n) is 6.22. The molecule has 2 aromatic carbocycles. The summed E-state index contributed by atoms with van der Waals surface area (Å²) in [6, 6.07) is 7.60. The molecular formula is C19H10F2O6. The maximum Gasteiger partial charge on any atom is 0.346 e. The SMILES string of the molecule is O=C1OC(=O)c2cc(C(CF)(CF)c3ccc4c(c3)C(=O)OC4=O)ccc21. The van der Waals surface area contributed by atoms with Crippen LogP contribution in [0.5, 0.6) is 0 Å². The van der Waals surface area contributed by atoms with Crippen molar-refractivity contribution >= 4 is 23.9 Å². The minimum Gasteiger partial charge on any atom is -0.386 e. The highest BCUT2D eigenvalue weighted by atomic mass is 19.1. The Hall–Kier alpha value is -3.42. The van der Waals surface area contributed by atoms with Gasteiger partial charge in [-0.15, -0.1) is 0 Å². The van der Waals surface area contributed by atoms with Gasteiger partial charge in [0.1, 0.15) is 13.3 Å². The highest BCUT2D eigenvalue weighted by molar-refractivity contribution is 6.15. The summed E-state index contributed by atoms with van der Waals surface area (Å²) in [6.07, 6.45) is 0. The highest BCUT2D eigenvalue weighted by Crippen LogP contribution is 2.37. The number of esters is 4. The molecule has 0 fully saturated rings. The number of rotatable bonds is 4. The van der Waals surface area contributed by atoms with Crippen LogP contribution in [0.3, 0.4) is 0 Å². The summed E-state index contributed by atoms with van der Waals surface area (Å²) in [7, 11) is 0. The van der Waals surface area contributed by atoms with Gasteiger partial charge in [-0.3, -0.25) is 0 Å². The van der Waals surface area contributed by atoms with Crippen LogP contribution in [-0.4, -0.2) is 37.2 Å². The van der Waals surface area contributed by atoms with Gasteiger partial charge in [-0.25, -0.2) is 28.0 Å². The van der Waals surface area contributed by atoms with Crippen LogP contribution in [0.4, 0.5) is 8.78 Å². The molecule has 0 amide bonds. The number of carbonyl (C=O) groups excluding carboxylic acids is 4. The van der Waals surface area contributed by atoms with Gasteiger partial charge in [0.2, 0.25) is 0 Å². The topological polar surface area (TPSA) is 86.7 Å². The third kappa shape index (κ3) is 2.29. The Morgan fingerprint density at radius 2 is 1.00 bits per heavy atom. The summed E-state index contributed by atoms with van der Waals surface area (Å²) in [5.41, 5.74) is -1.79. The van der Waals surface area contributed by atoms with Gasteiger partial charge in [0.25, 0.3) is 0 Å². The first-order valence-electron chi connectivity index (χ1n) is 7.85. The van der Waals surface area contributed by atoms with Crippen LogP contribution in [0.1, 0.15) is 52.6 Å². The fraction of sp³-hybridized carbons (Fsp3) is 0.158. The second-order valence-corrected chi connectivity index (χ2v) is 6.22. The highest BCUT2D eigenvalue weighted by Gasteiger charge is 2.40. The summed E-state index contributed by atoms with van der Waals surface area (Å²) < 4.78 is 37.2. The third-order valence-corrected chi connectivity index (χ3v) is 4.85. The molecule has 0 saturated carbocycles. The predicted molar refractivity (Wildman–Crippen MR) is 85.1 cm³/mol. The van der Waals surface area contributed by atoms with Crippen LogP contribution in [0.15, 0.2) is 36.4 Å². The molecule has 0 aromatic heterocycles. The first-order valence-corrected chi connectivity index (χ1v) is 7.85. The second kappa shape index (κ2) is 5.80. The number of fused-ring (bicyclic) bond motifs is 2. The Balaban J connectivity index is 1.88. The van der Waals surface area contributed by atoms with Crippen molar-refractivity contribution in [1.29, 1.82) is 0 Å². The molecule has 0 spiro atoms. The molecule has 4 rings (SSSR count). The molecule has 2 aromatic rings. The van der Waals surface area contributed by atoms with E-state index in [1.54, 1.807) is 0 Å². The zero-order chi connectivity index (χ0) is 19.3. The van der Waals surface area contributed by atoms with E-state index >= 15 is 0 Å². The monoisotopic (exact) mass is 372 g/mol. The van der Waals surface area contributed by atoms with E-state index in [1.165, 1.54) is 36.4 Å². The lowest BCUT2D eigenvalue weighted by molar-refractivity contribution is 0.0425. The first-order chi connectivity index (χ1) is 12.9. The van der Waals surface area contributed by atoms with E-state index in [-0.39, 0.29) is 33.4 Å². The summed E-state index contributed by atoms with van der Waals surface area (Å²) in [6.45, 7) is -2.37. The Morgan fingerprint density at radius 3 is 1.37 bits per heavy atom. The largest absolute Gasteiger partial charge is 0.386 e. The van der Waals surface area contributed by atoms with Crippen LogP contribution in [0.25, 0.3) is 0 Å². The zero-order valence-corrected chi connectivity index (χ0v) is 13.6. The number of benzene rings is 2. The lowest BCUT2D eigenvalue weighted by Crippen LogP contribution is -2.33. The first kappa shape index (κ1) is 17.0. The lowest BCUT2D eigenvalue weighted by atomic mass is 9.75. The molecular weight excluding hydrogens is 362 g/mol. The molecule has 136 valence electrons. The van der Waals surface area contributed by atoms with Gasteiger partial charge in [0.15, 0.2) is 0 Å². The van der Waals surface area contributed by atoms with Crippen molar-refractivity contribution in [3.8, 4) is 0 Å². The number of alkyl halides is 2. The van der Waals surface area contributed by atoms with E-state index in [1.807, 2.05) is 0 Å². The van der Waals surface area contributed by atoms with Crippen LogP contribution in [0, 0.1) is 0 Å². The average Bonchev–Trinajstić information content (AvgIpc) is 3.12. The molecule has 0 aliphatic carbocycles. The maximum atomic E-state index is 14.1. The van der Waals surface area contributed by atoms with Gasteiger partial charge in [0, 0.05) is 0 Å². The number of halogens is 2. The molecule has 2 aliphatic heterocycles. The van der Waals surface area contributed by atoms with Gasteiger partial charge in [-0.2, -0.15) is 0 Å². The molecule has 6 nitrogen and oxygen atoms in total. The Kier molecular flexibility index (Phi) is 3.66. The minimum absolute atomic E-state index is 0.0125. The Morgan fingerprint density at radius 1 is 0.630 bits per heavy atom. The van der Waals surface area contributed by atoms with Crippen LogP contribution in [-0.2, 0) is 14.9 Å². The average molecular weight is 372 g/mol. The fourth-order valence-electron chi connectivity index (χ4n) is 3.28. The van der Waals surface area contributed by atoms with Gasteiger partial charge < -0.3 is 9.47 Å². The van der Waals surface area contributed by atoms with E-state index in [9.17, 15) is 28.0 Å². The van der Waals surface area contributed by atoms with Crippen LogP contribution >= 0.6 is 0 Å². The van der Waals surface area contributed by atoms with Crippen LogP contribution < -0.4 is 0 Å². The van der Waals surface area contributed by atoms with Gasteiger partial charge >= 0.3 is 23.9 Å². The fourth-order valence-corrected chi connectivity index (χ4v) is 3.28. The van der Waals surface area contributed by atoms with Crippen molar-refractivity contribution in [3.63, 3.8) is 0 Å². The minimum atomic E-state index is -1.83. The standard InChI is InChI=1S/C19H10F2O6/c20-7-19(8-21,9-1-3-11-13(5-9)17(24)26-15(11)22)10-2-4-12-14(6-10)18(25)27-16(12)23/h1-6H,7-8H2. The summed E-state index contributed by atoms with van der Waals surface area (Å²) in [5.74, 6) is -3.45. The smallest absolute Gasteiger partial charge is 0.346 e. The van der Waals surface area contributed by atoms with Crippen molar-refractivity contribution in [3.05, 3.63) is 69.8 Å². The predicted octanol–water partition coefficient (Wildman–Crippen LogP) is 2.53. The molecule has 0 unspecified atom stereocenters. The number of carbonyl (C=O) groups is 4. The summed E-state index contributed by atoms with van der Waals surface area (Å²) in [5, 5.41) is 0. The molecule has 0 radical (unpaired) electrons. The number of cyclic esters (lactones) is 4. The van der Waals surface area contributed by atoms with Crippen molar-refractivity contribution in [1.82, 2.24) is 0 Å². The molecule has 8 heteroatoms. The van der Waals surface area contributed by atoms with Crippen molar-refractivity contribution in [2.75, 3.05) is 13.3 Å². The molecule has 2 aliphatic rings. The van der Waals surface area contributed by atoms with E-state index in [2.05, 4.69) is 9.47 Å². The third-order valence-electron chi connectivity index (χ3n) is 4.85. The van der Waals surface area contributed by atoms with E-state index < -0.39 is 42.6 Å². The van der Waals surface area contributed by atoms with Crippen LogP contribution in [0.2, 0.25) is 0 Å². The number of hydrogen-bond donors (Lipinski definition) is 0. The molecule has 2 heterocycles.